The van der Waals surface area contributed by atoms with Gasteiger partial charge in [0.25, 0.3) is 0 Å². The second-order valence-corrected chi connectivity index (χ2v) is 3.52. The Labute approximate surface area is 91.1 Å². The molecule has 0 aliphatic carbocycles. The number of hydrogen-bond donors (Lipinski definition) is 0. The molecule has 0 N–H and O–H groups in total. The number of carbonyl (C=O) groups is 1. The SMILES string of the molecule is CCCN(CCC)c1ncccc1C=O. The van der Waals surface area contributed by atoms with Crippen molar-refractivity contribution in [1.82, 2.24) is 4.98 Å². The maximum absolute atomic E-state index is 10.9. The highest BCUT2D eigenvalue weighted by Gasteiger charge is 2.09. The first-order valence-electron chi connectivity index (χ1n) is 5.48. The van der Waals surface area contributed by atoms with Gasteiger partial charge in [-0.15, -0.1) is 0 Å². The summed E-state index contributed by atoms with van der Waals surface area (Å²) in [6.07, 6.45) is 4.74. The molecule has 1 aromatic rings. The second kappa shape index (κ2) is 6.17. The Morgan fingerprint density at radius 2 is 2.00 bits per heavy atom. The molecule has 0 saturated carbocycles. The fourth-order valence-electron chi connectivity index (χ4n) is 1.63. The van der Waals surface area contributed by atoms with Gasteiger partial charge in [-0.25, -0.2) is 4.98 Å². The first kappa shape index (κ1) is 11.7. The van der Waals surface area contributed by atoms with Gasteiger partial charge >= 0.3 is 0 Å². The fourth-order valence-corrected chi connectivity index (χ4v) is 1.63. The fraction of sp³-hybridized carbons (Fsp3) is 0.500. The van der Waals surface area contributed by atoms with Gasteiger partial charge in [-0.1, -0.05) is 13.8 Å². The maximum Gasteiger partial charge on any atom is 0.153 e. The highest BCUT2D eigenvalue weighted by Crippen LogP contribution is 2.15. The molecule has 1 aromatic heterocycles. The number of rotatable bonds is 6. The zero-order valence-electron chi connectivity index (χ0n) is 9.44. The van der Waals surface area contributed by atoms with Crippen LogP contribution in [0.25, 0.3) is 0 Å². The van der Waals surface area contributed by atoms with Crippen molar-refractivity contribution >= 4 is 12.1 Å². The normalized spacial score (nSPS) is 10.0. The van der Waals surface area contributed by atoms with Gasteiger partial charge in [0.1, 0.15) is 5.82 Å². The topological polar surface area (TPSA) is 33.2 Å². The van der Waals surface area contributed by atoms with Gasteiger partial charge in [-0.3, -0.25) is 4.79 Å². The molecule has 0 aromatic carbocycles. The van der Waals surface area contributed by atoms with Crippen molar-refractivity contribution in [3.63, 3.8) is 0 Å². The minimum atomic E-state index is 0.680. The van der Waals surface area contributed by atoms with E-state index in [0.717, 1.165) is 38.0 Å². The van der Waals surface area contributed by atoms with Gasteiger partial charge in [0.05, 0.1) is 5.56 Å². The van der Waals surface area contributed by atoms with Crippen molar-refractivity contribution in [2.75, 3.05) is 18.0 Å². The number of carbonyl (C=O) groups excluding carboxylic acids is 1. The number of nitrogens with zero attached hydrogens (tertiary/aromatic N) is 2. The number of anilines is 1. The van der Waals surface area contributed by atoms with Crippen molar-refractivity contribution in [2.45, 2.75) is 26.7 Å². The Bertz CT molecular complexity index is 306. The summed E-state index contributed by atoms with van der Waals surface area (Å²) in [4.78, 5) is 17.3. The third kappa shape index (κ3) is 3.05. The molecular formula is C12H18N2O. The molecule has 1 rings (SSSR count). The monoisotopic (exact) mass is 206 g/mol. The van der Waals surface area contributed by atoms with Crippen molar-refractivity contribution < 1.29 is 4.79 Å². The summed E-state index contributed by atoms with van der Waals surface area (Å²) >= 11 is 0. The van der Waals surface area contributed by atoms with Crippen LogP contribution in [0.3, 0.4) is 0 Å². The van der Waals surface area contributed by atoms with Crippen LogP contribution in [-0.2, 0) is 0 Å². The molecule has 0 amide bonds. The predicted octanol–water partition coefficient (Wildman–Crippen LogP) is 2.52. The molecule has 0 atom stereocenters. The minimum absolute atomic E-state index is 0.680. The lowest BCUT2D eigenvalue weighted by Crippen LogP contribution is -2.26. The van der Waals surface area contributed by atoms with E-state index in [4.69, 9.17) is 0 Å². The van der Waals surface area contributed by atoms with Crippen molar-refractivity contribution in [2.24, 2.45) is 0 Å². The molecular weight excluding hydrogens is 188 g/mol. The van der Waals surface area contributed by atoms with E-state index in [-0.39, 0.29) is 0 Å². The number of hydrogen-bond acceptors (Lipinski definition) is 3. The van der Waals surface area contributed by atoms with Crippen LogP contribution in [0.2, 0.25) is 0 Å². The Morgan fingerprint density at radius 3 is 2.53 bits per heavy atom. The van der Waals surface area contributed by atoms with Crippen LogP contribution in [0.15, 0.2) is 18.3 Å². The van der Waals surface area contributed by atoms with E-state index in [1.54, 1.807) is 12.3 Å². The van der Waals surface area contributed by atoms with E-state index < -0.39 is 0 Å². The molecule has 0 aliphatic rings. The average Bonchev–Trinajstić information content (AvgIpc) is 2.29. The summed E-state index contributed by atoms with van der Waals surface area (Å²) in [6, 6.07) is 3.61. The largest absolute Gasteiger partial charge is 0.356 e. The predicted molar refractivity (Wildman–Crippen MR) is 62.4 cm³/mol. The van der Waals surface area contributed by atoms with Crippen molar-refractivity contribution in [3.05, 3.63) is 23.9 Å². The van der Waals surface area contributed by atoms with Gasteiger partial charge in [0, 0.05) is 19.3 Å². The zero-order valence-corrected chi connectivity index (χ0v) is 9.44. The Kier molecular flexibility index (Phi) is 4.81. The van der Waals surface area contributed by atoms with E-state index in [2.05, 4.69) is 23.7 Å². The summed E-state index contributed by atoms with van der Waals surface area (Å²) in [5, 5.41) is 0. The van der Waals surface area contributed by atoms with Crippen LogP contribution < -0.4 is 4.90 Å². The van der Waals surface area contributed by atoms with E-state index >= 15 is 0 Å². The van der Waals surface area contributed by atoms with Crippen molar-refractivity contribution in [3.8, 4) is 0 Å². The molecule has 1 heterocycles. The smallest absolute Gasteiger partial charge is 0.153 e. The zero-order chi connectivity index (χ0) is 11.1. The van der Waals surface area contributed by atoms with Crippen LogP contribution in [-0.4, -0.2) is 24.4 Å². The molecule has 0 unspecified atom stereocenters. The lowest BCUT2D eigenvalue weighted by Gasteiger charge is -2.23. The number of pyridine rings is 1. The summed E-state index contributed by atoms with van der Waals surface area (Å²) in [5.41, 5.74) is 0.680. The molecule has 0 aliphatic heterocycles. The van der Waals surface area contributed by atoms with Gasteiger partial charge in [-0.05, 0) is 25.0 Å². The molecule has 0 radical (unpaired) electrons. The Balaban J connectivity index is 2.92. The van der Waals surface area contributed by atoms with Crippen LogP contribution in [0.4, 0.5) is 5.82 Å². The van der Waals surface area contributed by atoms with E-state index in [0.29, 0.717) is 5.56 Å². The van der Waals surface area contributed by atoms with Gasteiger partial charge in [0.15, 0.2) is 6.29 Å². The molecule has 82 valence electrons. The lowest BCUT2D eigenvalue weighted by atomic mass is 10.2. The molecule has 15 heavy (non-hydrogen) atoms. The molecule has 0 bridgehead atoms. The average molecular weight is 206 g/mol. The van der Waals surface area contributed by atoms with Gasteiger partial charge < -0.3 is 4.90 Å². The number of aldehydes is 1. The maximum atomic E-state index is 10.9. The second-order valence-electron chi connectivity index (χ2n) is 3.52. The van der Waals surface area contributed by atoms with Crippen LogP contribution in [0.1, 0.15) is 37.0 Å². The Hall–Kier alpha value is -1.38. The molecule has 0 saturated heterocycles. The standard InChI is InChI=1S/C12H18N2O/c1-3-8-14(9-4-2)12-11(10-15)6-5-7-13-12/h5-7,10H,3-4,8-9H2,1-2H3. The highest BCUT2D eigenvalue weighted by molar-refractivity contribution is 5.82. The van der Waals surface area contributed by atoms with Crippen LogP contribution >= 0.6 is 0 Å². The third-order valence-electron chi connectivity index (χ3n) is 2.23. The van der Waals surface area contributed by atoms with Crippen LogP contribution in [0.5, 0.6) is 0 Å². The van der Waals surface area contributed by atoms with E-state index in [9.17, 15) is 4.79 Å². The molecule has 3 heteroatoms. The Morgan fingerprint density at radius 1 is 1.33 bits per heavy atom. The number of aromatic nitrogens is 1. The van der Waals surface area contributed by atoms with E-state index in [1.807, 2.05) is 6.07 Å². The summed E-state index contributed by atoms with van der Waals surface area (Å²) in [6.45, 7) is 6.16. The van der Waals surface area contributed by atoms with Gasteiger partial charge in [-0.2, -0.15) is 0 Å². The molecule has 0 spiro atoms. The van der Waals surface area contributed by atoms with E-state index in [1.165, 1.54) is 0 Å². The summed E-state index contributed by atoms with van der Waals surface area (Å²) in [5.74, 6) is 0.816. The third-order valence-corrected chi connectivity index (χ3v) is 2.23. The minimum Gasteiger partial charge on any atom is -0.356 e. The van der Waals surface area contributed by atoms with Crippen LogP contribution in [0, 0.1) is 0 Å². The summed E-state index contributed by atoms with van der Waals surface area (Å²) in [7, 11) is 0. The first-order valence-corrected chi connectivity index (χ1v) is 5.48. The quantitative estimate of drug-likeness (QED) is 0.670. The lowest BCUT2D eigenvalue weighted by molar-refractivity contribution is 0.112. The summed E-state index contributed by atoms with van der Waals surface area (Å²) < 4.78 is 0. The van der Waals surface area contributed by atoms with Gasteiger partial charge in [0.2, 0.25) is 0 Å². The molecule has 0 fully saturated rings. The highest BCUT2D eigenvalue weighted by atomic mass is 16.1. The molecule has 3 nitrogen and oxygen atoms in total. The first-order chi connectivity index (χ1) is 7.33. The van der Waals surface area contributed by atoms with Crippen molar-refractivity contribution in [1.29, 1.82) is 0 Å².